The van der Waals surface area contributed by atoms with Gasteiger partial charge in [-0.3, -0.25) is 4.57 Å². The van der Waals surface area contributed by atoms with Crippen molar-refractivity contribution in [3.8, 4) is 0 Å². The zero-order chi connectivity index (χ0) is 12.0. The monoisotopic (exact) mass is 245 g/mol. The van der Waals surface area contributed by atoms with Crippen molar-refractivity contribution >= 4 is 11.6 Å². The van der Waals surface area contributed by atoms with Gasteiger partial charge in [-0.1, -0.05) is 20.8 Å². The van der Waals surface area contributed by atoms with E-state index in [1.165, 1.54) is 0 Å². The van der Waals surface area contributed by atoms with Gasteiger partial charge in [0.05, 0.1) is 13.2 Å². The standard InChI is InChI=1S/C11H20ClN3O/c1-4-10-13-14-11(12)15(10)6-8-16-7-5-9(2)3/h9H,4-8H2,1-3H3. The van der Waals surface area contributed by atoms with Gasteiger partial charge in [0.15, 0.2) is 0 Å². The van der Waals surface area contributed by atoms with E-state index in [1.807, 2.05) is 11.5 Å². The summed E-state index contributed by atoms with van der Waals surface area (Å²) in [7, 11) is 0. The van der Waals surface area contributed by atoms with Crippen LogP contribution in [0.3, 0.4) is 0 Å². The minimum absolute atomic E-state index is 0.448. The highest BCUT2D eigenvalue weighted by Crippen LogP contribution is 2.08. The van der Waals surface area contributed by atoms with Gasteiger partial charge >= 0.3 is 0 Å². The smallest absolute Gasteiger partial charge is 0.225 e. The van der Waals surface area contributed by atoms with E-state index in [2.05, 4.69) is 24.0 Å². The van der Waals surface area contributed by atoms with Gasteiger partial charge < -0.3 is 4.74 Å². The van der Waals surface area contributed by atoms with Gasteiger partial charge in [-0.15, -0.1) is 10.2 Å². The largest absolute Gasteiger partial charge is 0.380 e. The van der Waals surface area contributed by atoms with Crippen molar-refractivity contribution in [3.05, 3.63) is 11.1 Å². The second-order valence-electron chi connectivity index (χ2n) is 4.19. The zero-order valence-electron chi connectivity index (χ0n) is 10.2. The fourth-order valence-electron chi connectivity index (χ4n) is 1.37. The van der Waals surface area contributed by atoms with E-state index in [-0.39, 0.29) is 0 Å². The van der Waals surface area contributed by atoms with Gasteiger partial charge in [0.1, 0.15) is 5.82 Å². The van der Waals surface area contributed by atoms with Crippen molar-refractivity contribution in [1.82, 2.24) is 14.8 Å². The lowest BCUT2D eigenvalue weighted by atomic mass is 10.1. The first-order valence-corrected chi connectivity index (χ1v) is 6.18. The van der Waals surface area contributed by atoms with Gasteiger partial charge in [0.2, 0.25) is 5.28 Å². The molecule has 0 aromatic carbocycles. The Labute approximate surface area is 102 Å². The number of halogens is 1. The molecule has 1 aromatic rings. The molecule has 0 N–H and O–H groups in total. The molecule has 0 radical (unpaired) electrons. The molecule has 0 aliphatic rings. The molecule has 5 heteroatoms. The number of ether oxygens (including phenoxy) is 1. The Balaban J connectivity index is 2.28. The number of rotatable bonds is 7. The van der Waals surface area contributed by atoms with E-state index in [0.717, 1.165) is 31.8 Å². The van der Waals surface area contributed by atoms with Gasteiger partial charge in [0, 0.05) is 13.0 Å². The SMILES string of the molecule is CCc1nnc(Cl)n1CCOCCC(C)C. The van der Waals surface area contributed by atoms with Crippen LogP contribution in [0.1, 0.15) is 33.0 Å². The topological polar surface area (TPSA) is 39.9 Å². The van der Waals surface area contributed by atoms with Crippen molar-refractivity contribution in [2.75, 3.05) is 13.2 Å². The normalized spacial score (nSPS) is 11.3. The lowest BCUT2D eigenvalue weighted by Crippen LogP contribution is -2.10. The average molecular weight is 246 g/mol. The van der Waals surface area contributed by atoms with E-state index in [0.29, 0.717) is 17.8 Å². The maximum absolute atomic E-state index is 5.92. The molecule has 1 rings (SSSR count). The zero-order valence-corrected chi connectivity index (χ0v) is 11.0. The van der Waals surface area contributed by atoms with Crippen molar-refractivity contribution in [3.63, 3.8) is 0 Å². The molecule has 1 heterocycles. The Kier molecular flexibility index (Phi) is 5.77. The van der Waals surface area contributed by atoms with Crippen molar-refractivity contribution in [2.45, 2.75) is 40.2 Å². The third kappa shape index (κ3) is 4.10. The highest BCUT2D eigenvalue weighted by Gasteiger charge is 2.07. The molecule has 0 aliphatic heterocycles. The molecule has 0 saturated heterocycles. The molecule has 92 valence electrons. The minimum atomic E-state index is 0.448. The summed E-state index contributed by atoms with van der Waals surface area (Å²) in [6.07, 6.45) is 1.93. The molecular weight excluding hydrogens is 226 g/mol. The van der Waals surface area contributed by atoms with Crippen LogP contribution >= 0.6 is 11.6 Å². The number of hydrogen-bond donors (Lipinski definition) is 0. The van der Waals surface area contributed by atoms with Crippen LogP contribution in [0.2, 0.25) is 5.28 Å². The molecule has 0 spiro atoms. The van der Waals surface area contributed by atoms with E-state index < -0.39 is 0 Å². The number of hydrogen-bond acceptors (Lipinski definition) is 3. The number of aromatic nitrogens is 3. The Morgan fingerprint density at radius 3 is 2.69 bits per heavy atom. The number of nitrogens with zero attached hydrogens (tertiary/aromatic N) is 3. The Morgan fingerprint density at radius 1 is 1.31 bits per heavy atom. The van der Waals surface area contributed by atoms with Crippen molar-refractivity contribution in [1.29, 1.82) is 0 Å². The van der Waals surface area contributed by atoms with Crippen LogP contribution in [-0.2, 0) is 17.7 Å². The van der Waals surface area contributed by atoms with Gasteiger partial charge in [-0.25, -0.2) is 0 Å². The molecule has 0 atom stereocenters. The van der Waals surface area contributed by atoms with Crippen LogP contribution in [0.4, 0.5) is 0 Å². The molecule has 0 aliphatic carbocycles. The van der Waals surface area contributed by atoms with Crippen LogP contribution in [0, 0.1) is 5.92 Å². The Morgan fingerprint density at radius 2 is 2.06 bits per heavy atom. The highest BCUT2D eigenvalue weighted by molar-refractivity contribution is 6.28. The first-order chi connectivity index (χ1) is 7.65. The third-order valence-electron chi connectivity index (χ3n) is 2.40. The summed E-state index contributed by atoms with van der Waals surface area (Å²) in [5.74, 6) is 1.60. The molecule has 0 saturated carbocycles. The van der Waals surface area contributed by atoms with E-state index in [9.17, 15) is 0 Å². The maximum Gasteiger partial charge on any atom is 0.225 e. The van der Waals surface area contributed by atoms with Crippen LogP contribution in [0.15, 0.2) is 0 Å². The van der Waals surface area contributed by atoms with Crippen molar-refractivity contribution in [2.24, 2.45) is 5.92 Å². The van der Waals surface area contributed by atoms with Gasteiger partial charge in [-0.2, -0.15) is 0 Å². The van der Waals surface area contributed by atoms with Crippen LogP contribution < -0.4 is 0 Å². The quantitative estimate of drug-likeness (QED) is 0.693. The summed E-state index contributed by atoms with van der Waals surface area (Å²) in [4.78, 5) is 0. The summed E-state index contributed by atoms with van der Waals surface area (Å²) in [6.45, 7) is 8.62. The molecule has 4 nitrogen and oxygen atoms in total. The average Bonchev–Trinajstić information content (AvgIpc) is 2.59. The highest BCUT2D eigenvalue weighted by atomic mass is 35.5. The number of aryl methyl sites for hydroxylation is 1. The lowest BCUT2D eigenvalue weighted by molar-refractivity contribution is 0.116. The van der Waals surface area contributed by atoms with E-state index in [1.54, 1.807) is 0 Å². The summed E-state index contributed by atoms with van der Waals surface area (Å²) in [5, 5.41) is 8.27. The first-order valence-electron chi connectivity index (χ1n) is 5.80. The molecule has 0 bridgehead atoms. The van der Waals surface area contributed by atoms with Crippen molar-refractivity contribution < 1.29 is 4.74 Å². The maximum atomic E-state index is 5.92. The Hall–Kier alpha value is -0.610. The predicted octanol–water partition coefficient (Wildman–Crippen LogP) is 2.56. The second kappa shape index (κ2) is 6.86. The molecule has 1 aromatic heterocycles. The van der Waals surface area contributed by atoms with E-state index >= 15 is 0 Å². The van der Waals surface area contributed by atoms with Crippen LogP contribution in [-0.4, -0.2) is 28.0 Å². The molecule has 0 unspecified atom stereocenters. The molecule has 0 fully saturated rings. The van der Waals surface area contributed by atoms with Crippen LogP contribution in [0.25, 0.3) is 0 Å². The summed E-state index contributed by atoms with van der Waals surface area (Å²) in [6, 6.07) is 0. The Bertz CT molecular complexity index is 312. The molecule has 16 heavy (non-hydrogen) atoms. The predicted molar refractivity (Wildman–Crippen MR) is 64.7 cm³/mol. The first kappa shape index (κ1) is 13.5. The lowest BCUT2D eigenvalue weighted by Gasteiger charge is -2.08. The van der Waals surface area contributed by atoms with E-state index in [4.69, 9.17) is 16.3 Å². The summed E-state index contributed by atoms with van der Waals surface area (Å²) < 4.78 is 7.44. The summed E-state index contributed by atoms with van der Waals surface area (Å²) >= 11 is 5.92. The fraction of sp³-hybridized carbons (Fsp3) is 0.818. The minimum Gasteiger partial charge on any atom is -0.380 e. The second-order valence-corrected chi connectivity index (χ2v) is 4.52. The third-order valence-corrected chi connectivity index (χ3v) is 2.68. The summed E-state index contributed by atoms with van der Waals surface area (Å²) in [5.41, 5.74) is 0. The molecular formula is C11H20ClN3O. The fourth-order valence-corrected chi connectivity index (χ4v) is 1.59. The molecule has 0 amide bonds. The van der Waals surface area contributed by atoms with Gasteiger partial charge in [0.25, 0.3) is 0 Å². The van der Waals surface area contributed by atoms with Gasteiger partial charge in [-0.05, 0) is 23.9 Å². The van der Waals surface area contributed by atoms with Crippen LogP contribution in [0.5, 0.6) is 0 Å².